The summed E-state index contributed by atoms with van der Waals surface area (Å²) in [5, 5.41) is 0. The molecule has 1 aromatic carbocycles. The highest BCUT2D eigenvalue weighted by Gasteiger charge is 2.14. The normalized spacial score (nSPS) is 12.9. The van der Waals surface area contributed by atoms with Crippen LogP contribution < -0.4 is 5.73 Å². The standard InChI is InChI=1S/C15H20FN3/c1-11(2)15(17)14-9-18-10-19(14)7-6-12-4-3-5-13(16)8-12/h3-5,8-11,15H,6-7,17H2,1-2H3. The van der Waals surface area contributed by atoms with E-state index in [0.717, 1.165) is 24.2 Å². The fourth-order valence-electron chi connectivity index (χ4n) is 2.08. The first-order valence-electron chi connectivity index (χ1n) is 6.58. The van der Waals surface area contributed by atoms with E-state index >= 15 is 0 Å². The Morgan fingerprint density at radius 3 is 2.84 bits per heavy atom. The van der Waals surface area contributed by atoms with Gasteiger partial charge in [-0.15, -0.1) is 0 Å². The molecule has 2 N–H and O–H groups in total. The van der Waals surface area contributed by atoms with Gasteiger partial charge in [0, 0.05) is 18.8 Å². The van der Waals surface area contributed by atoms with E-state index in [1.165, 1.54) is 6.07 Å². The topological polar surface area (TPSA) is 43.8 Å². The van der Waals surface area contributed by atoms with Crippen molar-refractivity contribution in [2.75, 3.05) is 0 Å². The molecule has 0 radical (unpaired) electrons. The van der Waals surface area contributed by atoms with Gasteiger partial charge in [-0.05, 0) is 30.0 Å². The molecule has 4 heteroatoms. The molecule has 102 valence electrons. The van der Waals surface area contributed by atoms with Gasteiger partial charge in [-0.25, -0.2) is 9.37 Å². The average molecular weight is 261 g/mol. The molecule has 0 aliphatic rings. The predicted molar refractivity (Wildman–Crippen MR) is 74.1 cm³/mol. The number of nitrogens with two attached hydrogens (primary N) is 1. The Balaban J connectivity index is 2.06. The maximum Gasteiger partial charge on any atom is 0.123 e. The molecule has 0 spiro atoms. The smallest absolute Gasteiger partial charge is 0.123 e. The summed E-state index contributed by atoms with van der Waals surface area (Å²) in [5.74, 6) is 0.173. The van der Waals surface area contributed by atoms with Crippen molar-refractivity contribution in [2.45, 2.75) is 32.9 Å². The number of imidazole rings is 1. The van der Waals surface area contributed by atoms with E-state index in [0.29, 0.717) is 5.92 Å². The van der Waals surface area contributed by atoms with Gasteiger partial charge in [0.15, 0.2) is 0 Å². The van der Waals surface area contributed by atoms with Crippen molar-refractivity contribution >= 4 is 0 Å². The van der Waals surface area contributed by atoms with Crippen molar-refractivity contribution in [3.63, 3.8) is 0 Å². The van der Waals surface area contributed by atoms with Crippen molar-refractivity contribution in [1.82, 2.24) is 9.55 Å². The molecule has 0 aliphatic carbocycles. The van der Waals surface area contributed by atoms with E-state index in [9.17, 15) is 4.39 Å². The minimum absolute atomic E-state index is 0.0185. The molecule has 0 saturated heterocycles. The second kappa shape index (κ2) is 5.97. The molecule has 1 unspecified atom stereocenters. The molecule has 3 nitrogen and oxygen atoms in total. The maximum absolute atomic E-state index is 13.1. The first-order valence-corrected chi connectivity index (χ1v) is 6.58. The quantitative estimate of drug-likeness (QED) is 0.899. The molecule has 0 amide bonds. The fourth-order valence-corrected chi connectivity index (χ4v) is 2.08. The van der Waals surface area contributed by atoms with E-state index < -0.39 is 0 Å². The number of halogens is 1. The van der Waals surface area contributed by atoms with Gasteiger partial charge in [0.05, 0.1) is 12.0 Å². The first kappa shape index (κ1) is 13.7. The Kier molecular flexibility index (Phi) is 4.32. The Morgan fingerprint density at radius 2 is 2.16 bits per heavy atom. The molecular weight excluding hydrogens is 241 g/mol. The van der Waals surface area contributed by atoms with E-state index in [2.05, 4.69) is 23.4 Å². The number of rotatable bonds is 5. The second-order valence-electron chi connectivity index (χ2n) is 5.16. The van der Waals surface area contributed by atoms with Crippen LogP contribution in [0.1, 0.15) is 31.1 Å². The van der Waals surface area contributed by atoms with Crippen LogP contribution in [0.4, 0.5) is 4.39 Å². The van der Waals surface area contributed by atoms with E-state index in [1.807, 2.05) is 12.3 Å². The lowest BCUT2D eigenvalue weighted by atomic mass is 10.0. The Bertz CT molecular complexity index is 534. The van der Waals surface area contributed by atoms with Gasteiger partial charge in [0.1, 0.15) is 5.82 Å². The lowest BCUT2D eigenvalue weighted by molar-refractivity contribution is 0.477. The lowest BCUT2D eigenvalue weighted by Gasteiger charge is -2.17. The highest BCUT2D eigenvalue weighted by atomic mass is 19.1. The third kappa shape index (κ3) is 3.41. The van der Waals surface area contributed by atoms with Crippen LogP contribution in [0.25, 0.3) is 0 Å². The molecule has 1 aromatic heterocycles. The molecule has 1 heterocycles. The van der Waals surface area contributed by atoms with Crippen LogP contribution in [0, 0.1) is 11.7 Å². The molecule has 0 aliphatic heterocycles. The Hall–Kier alpha value is -1.68. The third-order valence-electron chi connectivity index (χ3n) is 3.33. The fraction of sp³-hybridized carbons (Fsp3) is 0.400. The van der Waals surface area contributed by atoms with Gasteiger partial charge >= 0.3 is 0 Å². The van der Waals surface area contributed by atoms with Crippen LogP contribution >= 0.6 is 0 Å². The van der Waals surface area contributed by atoms with E-state index in [-0.39, 0.29) is 11.9 Å². The monoisotopic (exact) mass is 261 g/mol. The summed E-state index contributed by atoms with van der Waals surface area (Å²) < 4.78 is 15.2. The number of hydrogen-bond acceptors (Lipinski definition) is 2. The maximum atomic E-state index is 13.1. The predicted octanol–water partition coefficient (Wildman–Crippen LogP) is 2.92. The summed E-state index contributed by atoms with van der Waals surface area (Å²) in [5.41, 5.74) is 8.17. The van der Waals surface area contributed by atoms with E-state index in [4.69, 9.17) is 5.73 Å². The van der Waals surface area contributed by atoms with Crippen molar-refractivity contribution in [2.24, 2.45) is 11.7 Å². The van der Waals surface area contributed by atoms with Crippen LogP contribution in [0.5, 0.6) is 0 Å². The van der Waals surface area contributed by atoms with Gasteiger partial charge in [-0.2, -0.15) is 0 Å². The number of nitrogens with zero attached hydrogens (tertiary/aromatic N) is 2. The zero-order valence-electron chi connectivity index (χ0n) is 11.4. The van der Waals surface area contributed by atoms with Crippen molar-refractivity contribution in [3.8, 4) is 0 Å². The Morgan fingerprint density at radius 1 is 1.37 bits per heavy atom. The lowest BCUT2D eigenvalue weighted by Crippen LogP contribution is -2.20. The minimum Gasteiger partial charge on any atom is -0.333 e. The largest absolute Gasteiger partial charge is 0.333 e. The van der Waals surface area contributed by atoms with Gasteiger partial charge < -0.3 is 10.3 Å². The zero-order valence-corrected chi connectivity index (χ0v) is 11.4. The third-order valence-corrected chi connectivity index (χ3v) is 3.33. The molecule has 0 saturated carbocycles. The molecular formula is C15H20FN3. The molecule has 2 aromatic rings. The summed E-state index contributed by atoms with van der Waals surface area (Å²) >= 11 is 0. The summed E-state index contributed by atoms with van der Waals surface area (Å²) in [6.07, 6.45) is 4.37. The zero-order chi connectivity index (χ0) is 13.8. The van der Waals surface area contributed by atoms with Crippen molar-refractivity contribution in [3.05, 3.63) is 53.9 Å². The SMILES string of the molecule is CC(C)C(N)c1cncn1CCc1cccc(F)c1. The molecule has 0 bridgehead atoms. The first-order chi connectivity index (χ1) is 9.08. The molecule has 0 fully saturated rings. The molecule has 2 rings (SSSR count). The molecule has 1 atom stereocenters. The summed E-state index contributed by atoms with van der Waals surface area (Å²) in [6, 6.07) is 6.68. The minimum atomic E-state index is -0.192. The van der Waals surface area contributed by atoms with Crippen LogP contribution in [-0.4, -0.2) is 9.55 Å². The highest BCUT2D eigenvalue weighted by Crippen LogP contribution is 2.18. The highest BCUT2D eigenvalue weighted by molar-refractivity contribution is 5.16. The second-order valence-corrected chi connectivity index (χ2v) is 5.16. The van der Waals surface area contributed by atoms with Crippen LogP contribution in [-0.2, 0) is 13.0 Å². The summed E-state index contributed by atoms with van der Waals surface area (Å²) in [6.45, 7) is 4.95. The van der Waals surface area contributed by atoms with Crippen LogP contribution in [0.3, 0.4) is 0 Å². The van der Waals surface area contributed by atoms with Crippen molar-refractivity contribution in [1.29, 1.82) is 0 Å². The average Bonchev–Trinajstić information content (AvgIpc) is 2.83. The van der Waals surface area contributed by atoms with Gasteiger partial charge in [0.2, 0.25) is 0 Å². The van der Waals surface area contributed by atoms with Crippen molar-refractivity contribution < 1.29 is 4.39 Å². The number of aryl methyl sites for hydroxylation is 2. The number of hydrogen-bond donors (Lipinski definition) is 1. The Labute approximate surface area is 113 Å². The van der Waals surface area contributed by atoms with Gasteiger partial charge in [-0.1, -0.05) is 26.0 Å². The van der Waals surface area contributed by atoms with Crippen LogP contribution in [0.2, 0.25) is 0 Å². The van der Waals surface area contributed by atoms with E-state index in [1.54, 1.807) is 18.5 Å². The summed E-state index contributed by atoms with van der Waals surface area (Å²) in [7, 11) is 0. The van der Waals surface area contributed by atoms with Gasteiger partial charge in [-0.3, -0.25) is 0 Å². The number of benzene rings is 1. The summed E-state index contributed by atoms with van der Waals surface area (Å²) in [4.78, 5) is 4.16. The van der Waals surface area contributed by atoms with Gasteiger partial charge in [0.25, 0.3) is 0 Å². The number of aromatic nitrogens is 2. The van der Waals surface area contributed by atoms with Crippen LogP contribution in [0.15, 0.2) is 36.8 Å². The molecule has 19 heavy (non-hydrogen) atoms.